The number of aryl methyl sites for hydroxylation is 3. The van der Waals surface area contributed by atoms with Crippen LogP contribution in [0.4, 0.5) is 10.2 Å². The van der Waals surface area contributed by atoms with Crippen LogP contribution in [0.3, 0.4) is 0 Å². The van der Waals surface area contributed by atoms with Crippen molar-refractivity contribution in [2.24, 2.45) is 5.73 Å². The zero-order valence-corrected chi connectivity index (χ0v) is 16.4. The van der Waals surface area contributed by atoms with Gasteiger partial charge in [-0.15, -0.1) is 0 Å². The Balaban J connectivity index is 1.70. The highest BCUT2D eigenvalue weighted by Crippen LogP contribution is 2.40. The number of aromatic nitrogens is 2. The molecule has 0 radical (unpaired) electrons. The second-order valence-corrected chi connectivity index (χ2v) is 7.91. The summed E-state index contributed by atoms with van der Waals surface area (Å²) in [5, 5.41) is 4.02. The highest BCUT2D eigenvalue weighted by molar-refractivity contribution is 6.30. The smallest absolute Gasteiger partial charge is 0.253 e. The molecule has 0 unspecified atom stereocenters. The molecular formula is C20H20ClFN4O2. The second-order valence-electron chi connectivity index (χ2n) is 7.50. The average Bonchev–Trinajstić information content (AvgIpc) is 3.24. The van der Waals surface area contributed by atoms with Crippen LogP contribution < -0.4 is 11.1 Å². The first kappa shape index (κ1) is 18.7. The molecule has 4 rings (SSSR count). The van der Waals surface area contributed by atoms with E-state index in [0.717, 1.165) is 18.4 Å². The van der Waals surface area contributed by atoms with E-state index in [2.05, 4.69) is 22.2 Å². The summed E-state index contributed by atoms with van der Waals surface area (Å²) in [6.07, 6.45) is 3.13. The Kier molecular flexibility index (Phi) is 4.50. The van der Waals surface area contributed by atoms with E-state index in [1.807, 2.05) is 0 Å². The molecule has 0 spiro atoms. The van der Waals surface area contributed by atoms with Gasteiger partial charge in [-0.1, -0.05) is 17.7 Å². The predicted octanol–water partition coefficient (Wildman–Crippen LogP) is 4.17. The van der Waals surface area contributed by atoms with E-state index in [0.29, 0.717) is 46.9 Å². The summed E-state index contributed by atoms with van der Waals surface area (Å²) in [6.45, 7) is 3.78. The topological polar surface area (TPSA) is 94.0 Å². The number of carbonyl (C=O) groups is 1. The number of halogens is 2. The fraction of sp³-hybridized carbons (Fsp3) is 0.350. The molecule has 3 aromatic rings. The number of carbonyl (C=O) groups excluding carboxylic acids is 1. The van der Waals surface area contributed by atoms with Crippen molar-refractivity contribution in [2.45, 2.75) is 45.1 Å². The van der Waals surface area contributed by atoms with Crippen molar-refractivity contribution >= 4 is 34.4 Å². The number of amides is 1. The number of furan rings is 1. The van der Waals surface area contributed by atoms with E-state index >= 15 is 0 Å². The van der Waals surface area contributed by atoms with Crippen LogP contribution in [0.25, 0.3) is 11.1 Å². The lowest BCUT2D eigenvalue weighted by molar-refractivity contribution is 0.1000. The van der Waals surface area contributed by atoms with Crippen LogP contribution in [0.2, 0.25) is 5.02 Å². The van der Waals surface area contributed by atoms with Gasteiger partial charge in [-0.05, 0) is 50.8 Å². The van der Waals surface area contributed by atoms with Crippen LogP contribution in [0.5, 0.6) is 0 Å². The van der Waals surface area contributed by atoms with Crippen LogP contribution in [0.15, 0.2) is 22.6 Å². The monoisotopic (exact) mass is 402 g/mol. The molecule has 6 nitrogen and oxygen atoms in total. The number of fused-ring (bicyclic) bond motifs is 1. The predicted molar refractivity (Wildman–Crippen MR) is 105 cm³/mol. The number of rotatable bonds is 6. The van der Waals surface area contributed by atoms with E-state index in [4.69, 9.17) is 21.8 Å². The lowest BCUT2D eigenvalue weighted by Gasteiger charge is -2.14. The van der Waals surface area contributed by atoms with Crippen molar-refractivity contribution in [3.8, 4) is 0 Å². The van der Waals surface area contributed by atoms with Crippen LogP contribution >= 0.6 is 11.6 Å². The van der Waals surface area contributed by atoms with Crippen LogP contribution in [-0.4, -0.2) is 21.4 Å². The van der Waals surface area contributed by atoms with E-state index in [-0.39, 0.29) is 10.6 Å². The van der Waals surface area contributed by atoms with Gasteiger partial charge in [0, 0.05) is 12.0 Å². The lowest BCUT2D eigenvalue weighted by Crippen LogP contribution is -2.19. The number of nitrogens with one attached hydrogen (secondary N) is 1. The maximum atomic E-state index is 13.3. The third-order valence-electron chi connectivity index (χ3n) is 5.06. The molecule has 28 heavy (non-hydrogen) atoms. The lowest BCUT2D eigenvalue weighted by atomic mass is 10.1. The first-order valence-electron chi connectivity index (χ1n) is 9.08. The molecule has 146 valence electrons. The van der Waals surface area contributed by atoms with Gasteiger partial charge in [0.1, 0.15) is 23.2 Å². The molecule has 1 aliphatic rings. The van der Waals surface area contributed by atoms with Gasteiger partial charge >= 0.3 is 0 Å². The summed E-state index contributed by atoms with van der Waals surface area (Å²) < 4.78 is 19.0. The van der Waals surface area contributed by atoms with Gasteiger partial charge in [0.05, 0.1) is 16.0 Å². The van der Waals surface area contributed by atoms with Crippen molar-refractivity contribution in [1.29, 1.82) is 0 Å². The summed E-state index contributed by atoms with van der Waals surface area (Å²) in [4.78, 5) is 21.0. The largest absolute Gasteiger partial charge is 0.442 e. The normalized spacial score (nSPS) is 15.0. The Morgan fingerprint density at radius 3 is 2.75 bits per heavy atom. The second kappa shape index (κ2) is 6.74. The van der Waals surface area contributed by atoms with Gasteiger partial charge < -0.3 is 15.5 Å². The zero-order valence-electron chi connectivity index (χ0n) is 15.6. The van der Waals surface area contributed by atoms with E-state index < -0.39 is 11.7 Å². The fourth-order valence-corrected chi connectivity index (χ4v) is 3.41. The third kappa shape index (κ3) is 3.54. The molecule has 0 atom stereocenters. The molecule has 1 aromatic carbocycles. The van der Waals surface area contributed by atoms with E-state index in [1.54, 1.807) is 19.1 Å². The average molecular weight is 403 g/mol. The van der Waals surface area contributed by atoms with Crippen molar-refractivity contribution in [2.75, 3.05) is 5.32 Å². The summed E-state index contributed by atoms with van der Waals surface area (Å²) in [7, 11) is 0. The first-order chi connectivity index (χ1) is 13.3. The number of hydrogen-bond acceptors (Lipinski definition) is 5. The fourth-order valence-electron chi connectivity index (χ4n) is 3.20. The minimum Gasteiger partial charge on any atom is -0.442 e. The van der Waals surface area contributed by atoms with Gasteiger partial charge in [0.2, 0.25) is 5.71 Å². The summed E-state index contributed by atoms with van der Waals surface area (Å²) >= 11 is 5.85. The summed E-state index contributed by atoms with van der Waals surface area (Å²) in [5.41, 5.74) is 7.01. The molecule has 3 N–H and O–H groups in total. The van der Waals surface area contributed by atoms with Crippen molar-refractivity contribution in [3.63, 3.8) is 0 Å². The minimum atomic E-state index is -0.572. The van der Waals surface area contributed by atoms with Gasteiger partial charge in [0.25, 0.3) is 5.91 Å². The molecule has 1 fully saturated rings. The Morgan fingerprint density at radius 2 is 2.11 bits per heavy atom. The number of primary amides is 1. The van der Waals surface area contributed by atoms with Crippen LogP contribution in [0.1, 0.15) is 47.3 Å². The maximum Gasteiger partial charge on any atom is 0.253 e. The Bertz CT molecular complexity index is 1090. The van der Waals surface area contributed by atoms with E-state index in [9.17, 15) is 9.18 Å². The van der Waals surface area contributed by atoms with Gasteiger partial charge in [0.15, 0.2) is 0 Å². The third-order valence-corrected chi connectivity index (χ3v) is 5.35. The molecule has 2 heterocycles. The Hall–Kier alpha value is -2.67. The van der Waals surface area contributed by atoms with E-state index in [1.165, 1.54) is 6.07 Å². The van der Waals surface area contributed by atoms with Crippen LogP contribution in [0, 0.1) is 12.7 Å². The van der Waals surface area contributed by atoms with Crippen molar-refractivity contribution in [3.05, 3.63) is 51.8 Å². The molecule has 1 amide bonds. The highest BCUT2D eigenvalue weighted by atomic mass is 35.5. The number of hydrogen-bond donors (Lipinski definition) is 2. The molecule has 8 heteroatoms. The van der Waals surface area contributed by atoms with Crippen molar-refractivity contribution in [1.82, 2.24) is 9.97 Å². The number of nitrogens with zero attached hydrogens (tertiary/aromatic N) is 2. The Morgan fingerprint density at radius 1 is 1.36 bits per heavy atom. The molecule has 2 aromatic heterocycles. The Labute approximate surface area is 166 Å². The highest BCUT2D eigenvalue weighted by Gasteiger charge is 2.38. The molecular weight excluding hydrogens is 383 g/mol. The summed E-state index contributed by atoms with van der Waals surface area (Å²) in [5.74, 6) is 0.519. The minimum absolute atomic E-state index is 0.0525. The maximum absolute atomic E-state index is 13.3. The first-order valence-corrected chi connectivity index (χ1v) is 9.45. The van der Waals surface area contributed by atoms with Crippen LogP contribution in [-0.2, 0) is 12.8 Å². The standard InChI is InChI=1S/C20H20ClFN4O2/c1-10-15(17(23)27)16-18(26-20(2)7-8-20)24-14(25-19(16)28-10)6-4-11-3-5-13(22)12(21)9-11/h3,5,9H,4,6-8H2,1-2H3,(H2,23,27)(H,24,25,26). The molecule has 1 saturated carbocycles. The molecule has 0 saturated heterocycles. The number of benzene rings is 1. The SMILES string of the molecule is Cc1oc2nc(CCc3ccc(F)c(Cl)c3)nc(NC3(C)CC3)c2c1C(N)=O. The molecule has 0 aliphatic heterocycles. The van der Waals surface area contributed by atoms with Crippen molar-refractivity contribution < 1.29 is 13.6 Å². The quantitative estimate of drug-likeness (QED) is 0.645. The zero-order chi connectivity index (χ0) is 20.1. The van der Waals surface area contributed by atoms with Gasteiger partial charge in [-0.3, -0.25) is 4.79 Å². The van der Waals surface area contributed by atoms with Gasteiger partial charge in [-0.25, -0.2) is 9.37 Å². The molecule has 0 bridgehead atoms. The summed E-state index contributed by atoms with van der Waals surface area (Å²) in [6, 6.07) is 4.63. The number of nitrogens with two attached hydrogens (primary N) is 1. The number of anilines is 1. The molecule has 1 aliphatic carbocycles. The van der Waals surface area contributed by atoms with Gasteiger partial charge in [-0.2, -0.15) is 4.98 Å².